The van der Waals surface area contributed by atoms with Crippen molar-refractivity contribution in [3.63, 3.8) is 0 Å². The van der Waals surface area contributed by atoms with E-state index < -0.39 is 0 Å². The fraction of sp³-hybridized carbons (Fsp3) is 0.875. The topological polar surface area (TPSA) is 38.3 Å². The number of ether oxygens (including phenoxy) is 1. The van der Waals surface area contributed by atoms with E-state index in [4.69, 9.17) is 4.74 Å². The van der Waals surface area contributed by atoms with Crippen molar-refractivity contribution in [2.45, 2.75) is 25.9 Å². The lowest BCUT2D eigenvalue weighted by Crippen LogP contribution is -2.48. The minimum absolute atomic E-state index is 0.191. The van der Waals surface area contributed by atoms with Crippen molar-refractivity contribution in [1.82, 2.24) is 5.32 Å². The molecule has 0 aliphatic carbocycles. The number of morpholine rings is 1. The first-order chi connectivity index (χ1) is 5.12. The summed E-state index contributed by atoms with van der Waals surface area (Å²) in [6.45, 7) is 5.97. The highest BCUT2D eigenvalue weighted by Crippen LogP contribution is 2.16. The second-order valence-corrected chi connectivity index (χ2v) is 3.35. The smallest absolute Gasteiger partial charge is 0.132 e. The van der Waals surface area contributed by atoms with Gasteiger partial charge < -0.3 is 10.1 Å². The molecule has 1 aliphatic rings. The predicted octanol–water partition coefficient (Wildman–Crippen LogP) is 0.344. The van der Waals surface area contributed by atoms with Crippen LogP contribution in [0.1, 0.15) is 20.3 Å². The van der Waals surface area contributed by atoms with Crippen LogP contribution in [0.4, 0.5) is 0 Å². The van der Waals surface area contributed by atoms with Crippen LogP contribution in [0.25, 0.3) is 0 Å². The van der Waals surface area contributed by atoms with Gasteiger partial charge in [-0.05, 0) is 13.8 Å². The first-order valence-corrected chi connectivity index (χ1v) is 3.96. The Hall–Kier alpha value is -0.410. The normalized spacial score (nSPS) is 31.8. The number of rotatable bonds is 2. The van der Waals surface area contributed by atoms with Crippen LogP contribution >= 0.6 is 0 Å². The average molecular weight is 157 g/mol. The highest BCUT2D eigenvalue weighted by Gasteiger charge is 2.28. The van der Waals surface area contributed by atoms with Crippen LogP contribution in [0.5, 0.6) is 0 Å². The fourth-order valence-corrected chi connectivity index (χ4v) is 1.41. The van der Waals surface area contributed by atoms with Crippen LogP contribution in [-0.4, -0.2) is 31.1 Å². The molecule has 3 nitrogen and oxygen atoms in total. The van der Waals surface area contributed by atoms with Gasteiger partial charge in [0.25, 0.3) is 0 Å². The average Bonchev–Trinajstić information content (AvgIpc) is 1.85. The molecule has 0 aromatic heterocycles. The summed E-state index contributed by atoms with van der Waals surface area (Å²) in [5.74, 6) is 0.191. The largest absolute Gasteiger partial charge is 0.372 e. The van der Waals surface area contributed by atoms with Gasteiger partial charge in [0.2, 0.25) is 0 Å². The lowest BCUT2D eigenvalue weighted by Gasteiger charge is -2.33. The van der Waals surface area contributed by atoms with Gasteiger partial charge in [-0.1, -0.05) is 0 Å². The molecule has 0 amide bonds. The van der Waals surface area contributed by atoms with Gasteiger partial charge in [0.05, 0.1) is 12.2 Å². The van der Waals surface area contributed by atoms with Gasteiger partial charge in [0.15, 0.2) is 0 Å². The zero-order valence-corrected chi connectivity index (χ0v) is 7.14. The summed E-state index contributed by atoms with van der Waals surface area (Å²) in [6.07, 6.45) is 0.514. The van der Waals surface area contributed by atoms with Crippen LogP contribution < -0.4 is 5.32 Å². The van der Waals surface area contributed by atoms with Gasteiger partial charge in [-0.2, -0.15) is 0 Å². The molecule has 0 saturated carbocycles. The van der Waals surface area contributed by atoms with Crippen molar-refractivity contribution in [2.24, 2.45) is 0 Å². The Morgan fingerprint density at radius 2 is 2.45 bits per heavy atom. The Kier molecular flexibility index (Phi) is 2.62. The number of nitrogens with one attached hydrogen (secondary N) is 1. The second-order valence-electron chi connectivity index (χ2n) is 3.35. The van der Waals surface area contributed by atoms with Crippen LogP contribution in [-0.2, 0) is 9.53 Å². The van der Waals surface area contributed by atoms with E-state index in [-0.39, 0.29) is 11.4 Å². The molecule has 1 atom stereocenters. The number of carbonyl (C=O) groups is 1. The molecule has 0 aromatic carbocycles. The standard InChI is InChI=1S/C8H15NO2/c1-7(10)5-8(2)6-9-3-4-11-8/h9H,3-6H2,1-2H3/t8-/m0/s1. The summed E-state index contributed by atoms with van der Waals surface area (Å²) in [5, 5.41) is 3.20. The minimum Gasteiger partial charge on any atom is -0.372 e. The quantitative estimate of drug-likeness (QED) is 0.628. The maximum absolute atomic E-state index is 10.8. The zero-order valence-electron chi connectivity index (χ0n) is 7.14. The first kappa shape index (κ1) is 8.68. The highest BCUT2D eigenvalue weighted by atomic mass is 16.5. The van der Waals surface area contributed by atoms with E-state index in [2.05, 4.69) is 5.32 Å². The van der Waals surface area contributed by atoms with Crippen LogP contribution in [0.3, 0.4) is 0 Å². The van der Waals surface area contributed by atoms with Gasteiger partial charge in [0.1, 0.15) is 5.78 Å². The van der Waals surface area contributed by atoms with E-state index in [1.807, 2.05) is 6.92 Å². The lowest BCUT2D eigenvalue weighted by atomic mass is 9.98. The molecule has 64 valence electrons. The van der Waals surface area contributed by atoms with Crippen molar-refractivity contribution >= 4 is 5.78 Å². The molecule has 1 N–H and O–H groups in total. The molecule has 0 bridgehead atoms. The summed E-state index contributed by atoms with van der Waals surface area (Å²) in [6, 6.07) is 0. The molecule has 1 saturated heterocycles. The Morgan fingerprint density at radius 1 is 1.73 bits per heavy atom. The monoisotopic (exact) mass is 157 g/mol. The highest BCUT2D eigenvalue weighted by molar-refractivity contribution is 5.76. The molecule has 1 heterocycles. The SMILES string of the molecule is CC(=O)C[C@@]1(C)CNCCO1. The molecule has 0 spiro atoms. The van der Waals surface area contributed by atoms with Crippen molar-refractivity contribution in [1.29, 1.82) is 0 Å². The summed E-state index contributed by atoms with van der Waals surface area (Å²) in [5.41, 5.74) is -0.260. The Labute approximate surface area is 67.1 Å². The summed E-state index contributed by atoms with van der Waals surface area (Å²) in [7, 11) is 0. The molecule has 11 heavy (non-hydrogen) atoms. The number of hydrogen-bond acceptors (Lipinski definition) is 3. The van der Waals surface area contributed by atoms with Crippen molar-refractivity contribution in [3.05, 3.63) is 0 Å². The van der Waals surface area contributed by atoms with Crippen molar-refractivity contribution < 1.29 is 9.53 Å². The van der Waals surface area contributed by atoms with E-state index in [1.54, 1.807) is 6.92 Å². The zero-order chi connectivity index (χ0) is 8.32. The van der Waals surface area contributed by atoms with Gasteiger partial charge in [-0.25, -0.2) is 0 Å². The van der Waals surface area contributed by atoms with E-state index in [9.17, 15) is 4.79 Å². The third-order valence-electron chi connectivity index (χ3n) is 1.85. The molecular weight excluding hydrogens is 142 g/mol. The Bertz CT molecular complexity index is 150. The first-order valence-electron chi connectivity index (χ1n) is 3.96. The molecule has 1 aliphatic heterocycles. The summed E-state index contributed by atoms with van der Waals surface area (Å²) in [4.78, 5) is 10.8. The molecule has 3 heteroatoms. The molecule has 0 unspecified atom stereocenters. The third-order valence-corrected chi connectivity index (χ3v) is 1.85. The fourth-order valence-electron chi connectivity index (χ4n) is 1.41. The van der Waals surface area contributed by atoms with Crippen molar-refractivity contribution in [2.75, 3.05) is 19.7 Å². The molecular formula is C8H15NO2. The molecule has 1 rings (SSSR count). The Balaban J connectivity index is 2.43. The molecule has 0 radical (unpaired) electrons. The van der Waals surface area contributed by atoms with Gasteiger partial charge in [-0.3, -0.25) is 4.79 Å². The molecule has 0 aromatic rings. The summed E-state index contributed by atoms with van der Waals surface area (Å²) < 4.78 is 5.49. The number of Topliss-reactive ketones (excluding diaryl/α,β-unsaturated/α-hetero) is 1. The van der Waals surface area contributed by atoms with Gasteiger partial charge >= 0.3 is 0 Å². The molecule has 1 fully saturated rings. The maximum Gasteiger partial charge on any atom is 0.132 e. The van der Waals surface area contributed by atoms with E-state index in [0.29, 0.717) is 13.0 Å². The lowest BCUT2D eigenvalue weighted by molar-refractivity contribution is -0.126. The van der Waals surface area contributed by atoms with E-state index >= 15 is 0 Å². The van der Waals surface area contributed by atoms with Crippen molar-refractivity contribution in [3.8, 4) is 0 Å². The minimum atomic E-state index is -0.260. The third kappa shape index (κ3) is 2.60. The van der Waals surface area contributed by atoms with Crippen LogP contribution in [0, 0.1) is 0 Å². The second kappa shape index (κ2) is 3.32. The predicted molar refractivity (Wildman–Crippen MR) is 42.5 cm³/mol. The van der Waals surface area contributed by atoms with Crippen LogP contribution in [0.15, 0.2) is 0 Å². The summed E-state index contributed by atoms with van der Waals surface area (Å²) >= 11 is 0. The van der Waals surface area contributed by atoms with E-state index in [1.165, 1.54) is 0 Å². The maximum atomic E-state index is 10.8. The number of carbonyl (C=O) groups excluding carboxylic acids is 1. The number of ketones is 1. The Morgan fingerprint density at radius 3 is 2.91 bits per heavy atom. The number of hydrogen-bond donors (Lipinski definition) is 1. The van der Waals surface area contributed by atoms with E-state index in [0.717, 1.165) is 13.1 Å². The van der Waals surface area contributed by atoms with Crippen LogP contribution in [0.2, 0.25) is 0 Å². The van der Waals surface area contributed by atoms with Gasteiger partial charge in [0, 0.05) is 19.5 Å². The van der Waals surface area contributed by atoms with Gasteiger partial charge in [-0.15, -0.1) is 0 Å².